The molecule has 11 heteroatoms. The minimum absolute atomic E-state index is 0.0768. The number of fused-ring (bicyclic) bond motifs is 1. The molecular formula is C17H15ClN4O4S2. The Bertz CT molecular complexity index is 1180. The first-order valence-corrected chi connectivity index (χ1v) is 10.7. The van der Waals surface area contributed by atoms with Crippen LogP contribution in [-0.2, 0) is 10.0 Å². The second-order valence-electron chi connectivity index (χ2n) is 6.06. The van der Waals surface area contributed by atoms with E-state index in [1.54, 1.807) is 25.1 Å². The Kier molecular flexibility index (Phi) is 5.75. The third kappa shape index (κ3) is 4.36. The average molecular weight is 439 g/mol. The molecule has 0 spiro atoms. The van der Waals surface area contributed by atoms with Crippen LogP contribution in [0.25, 0.3) is 10.2 Å². The van der Waals surface area contributed by atoms with Gasteiger partial charge in [0.1, 0.15) is 5.01 Å². The first-order chi connectivity index (χ1) is 13.2. The van der Waals surface area contributed by atoms with Gasteiger partial charge in [0, 0.05) is 23.6 Å². The van der Waals surface area contributed by atoms with Gasteiger partial charge in [0.15, 0.2) is 4.90 Å². The molecule has 3 aromatic rings. The summed E-state index contributed by atoms with van der Waals surface area (Å²) < 4.78 is 28.3. The number of para-hydroxylation sites is 1. The van der Waals surface area contributed by atoms with Crippen LogP contribution in [0.4, 0.5) is 5.69 Å². The molecule has 0 fully saturated rings. The highest BCUT2D eigenvalue weighted by Gasteiger charge is 2.27. The highest BCUT2D eigenvalue weighted by molar-refractivity contribution is 7.89. The minimum Gasteiger partial charge on any atom is -0.302 e. The molecule has 3 rings (SSSR count). The molecule has 0 amide bonds. The zero-order valence-electron chi connectivity index (χ0n) is 14.5. The Labute approximate surface area is 169 Å². The van der Waals surface area contributed by atoms with Crippen LogP contribution in [0.5, 0.6) is 0 Å². The second kappa shape index (κ2) is 7.92. The van der Waals surface area contributed by atoms with E-state index in [0.29, 0.717) is 15.5 Å². The zero-order valence-corrected chi connectivity index (χ0v) is 16.9. The lowest BCUT2D eigenvalue weighted by Crippen LogP contribution is -2.34. The normalized spacial score (nSPS) is 12.8. The van der Waals surface area contributed by atoms with E-state index in [1.165, 1.54) is 29.5 Å². The summed E-state index contributed by atoms with van der Waals surface area (Å²) in [7, 11) is -4.12. The van der Waals surface area contributed by atoms with Crippen molar-refractivity contribution in [3.8, 4) is 0 Å². The monoisotopic (exact) mass is 438 g/mol. The third-order valence-electron chi connectivity index (χ3n) is 3.83. The van der Waals surface area contributed by atoms with Crippen LogP contribution < -0.4 is 4.72 Å². The van der Waals surface area contributed by atoms with E-state index in [-0.39, 0.29) is 12.1 Å². The van der Waals surface area contributed by atoms with Gasteiger partial charge < -0.3 is 5.41 Å². The van der Waals surface area contributed by atoms with Gasteiger partial charge in [-0.3, -0.25) is 10.1 Å². The number of nitro groups is 1. The summed E-state index contributed by atoms with van der Waals surface area (Å²) in [4.78, 5) is 14.3. The molecule has 8 nitrogen and oxygen atoms in total. The van der Waals surface area contributed by atoms with Crippen molar-refractivity contribution in [2.75, 3.05) is 0 Å². The van der Waals surface area contributed by atoms with Gasteiger partial charge >= 0.3 is 0 Å². The predicted octanol–water partition coefficient (Wildman–Crippen LogP) is 3.98. The summed E-state index contributed by atoms with van der Waals surface area (Å²) in [5.41, 5.74) is 0.373. The minimum atomic E-state index is -4.12. The molecule has 0 aliphatic rings. The molecule has 1 aromatic heterocycles. The molecule has 0 radical (unpaired) electrons. The van der Waals surface area contributed by atoms with Gasteiger partial charge in [-0.2, -0.15) is 0 Å². The fraction of sp³-hybridized carbons (Fsp3) is 0.176. The van der Waals surface area contributed by atoms with E-state index >= 15 is 0 Å². The van der Waals surface area contributed by atoms with Crippen molar-refractivity contribution in [1.82, 2.24) is 9.71 Å². The molecule has 1 atom stereocenters. The van der Waals surface area contributed by atoms with E-state index in [4.69, 9.17) is 17.0 Å². The number of hydrogen-bond acceptors (Lipinski definition) is 7. The molecule has 28 heavy (non-hydrogen) atoms. The summed E-state index contributed by atoms with van der Waals surface area (Å²) in [6, 6.07) is 9.69. The lowest BCUT2D eigenvalue weighted by Gasteiger charge is -2.14. The Hall–Kier alpha value is -2.40. The Morgan fingerprint density at radius 1 is 1.36 bits per heavy atom. The Morgan fingerprint density at radius 3 is 2.79 bits per heavy atom. The fourth-order valence-electron chi connectivity index (χ4n) is 2.63. The number of thiazole rings is 1. The molecule has 146 valence electrons. The van der Waals surface area contributed by atoms with E-state index in [1.807, 2.05) is 0 Å². The van der Waals surface area contributed by atoms with Crippen molar-refractivity contribution < 1.29 is 13.3 Å². The van der Waals surface area contributed by atoms with Crippen LogP contribution in [0.1, 0.15) is 18.4 Å². The standard InChI is InChI=1S/C17H15ClN4O4S2/c1-10(21-28(25,26)16-5-3-2-4-14(16)22(23)24)8-12(19)17-20-13-7-6-11(18)9-15(13)27-17/h2-7,9-10,19,21H,8H2,1H3. The summed E-state index contributed by atoms with van der Waals surface area (Å²) in [6.45, 7) is 1.59. The molecule has 0 saturated heterocycles. The lowest BCUT2D eigenvalue weighted by molar-refractivity contribution is -0.387. The van der Waals surface area contributed by atoms with Gasteiger partial charge in [-0.25, -0.2) is 18.1 Å². The quantitative estimate of drug-likeness (QED) is 0.327. The molecule has 2 N–H and O–H groups in total. The zero-order chi connectivity index (χ0) is 20.5. The molecular weight excluding hydrogens is 424 g/mol. The predicted molar refractivity (Wildman–Crippen MR) is 109 cm³/mol. The van der Waals surface area contributed by atoms with E-state index in [0.717, 1.165) is 10.8 Å². The number of hydrogen-bond donors (Lipinski definition) is 2. The van der Waals surface area contributed by atoms with Crippen molar-refractivity contribution in [3.63, 3.8) is 0 Å². The van der Waals surface area contributed by atoms with Crippen LogP contribution in [0.3, 0.4) is 0 Å². The van der Waals surface area contributed by atoms with Gasteiger partial charge in [-0.15, -0.1) is 11.3 Å². The number of nitrogens with zero attached hydrogens (tertiary/aromatic N) is 2. The van der Waals surface area contributed by atoms with Crippen LogP contribution in [0.2, 0.25) is 5.02 Å². The SMILES string of the molecule is CC(CC(=N)c1nc2ccc(Cl)cc2s1)NS(=O)(=O)c1ccccc1[N+](=O)[O-]. The maximum Gasteiger partial charge on any atom is 0.289 e. The third-order valence-corrected chi connectivity index (χ3v) is 6.78. The smallest absolute Gasteiger partial charge is 0.289 e. The molecule has 1 heterocycles. The van der Waals surface area contributed by atoms with Crippen LogP contribution in [-0.4, -0.2) is 30.1 Å². The maximum atomic E-state index is 12.6. The fourth-order valence-corrected chi connectivity index (χ4v) is 5.24. The first kappa shape index (κ1) is 20.3. The number of nitro benzene ring substituents is 1. The lowest BCUT2D eigenvalue weighted by atomic mass is 10.2. The number of aromatic nitrogens is 1. The van der Waals surface area contributed by atoms with Crippen molar-refractivity contribution in [2.24, 2.45) is 0 Å². The topological polar surface area (TPSA) is 126 Å². The summed E-state index contributed by atoms with van der Waals surface area (Å²) in [5, 5.41) is 20.4. The molecule has 0 aliphatic heterocycles. The van der Waals surface area contributed by atoms with Gasteiger partial charge in [0.25, 0.3) is 5.69 Å². The van der Waals surface area contributed by atoms with Gasteiger partial charge in [0.2, 0.25) is 10.0 Å². The highest BCUT2D eigenvalue weighted by atomic mass is 35.5. The molecule has 0 aliphatic carbocycles. The number of benzene rings is 2. The molecule has 1 unspecified atom stereocenters. The van der Waals surface area contributed by atoms with Crippen molar-refractivity contribution in [2.45, 2.75) is 24.3 Å². The molecule has 0 bridgehead atoms. The number of nitrogens with one attached hydrogen (secondary N) is 2. The van der Waals surface area contributed by atoms with Crippen molar-refractivity contribution in [3.05, 3.63) is 62.6 Å². The second-order valence-corrected chi connectivity index (χ2v) is 9.21. The van der Waals surface area contributed by atoms with Gasteiger partial charge in [-0.1, -0.05) is 23.7 Å². The van der Waals surface area contributed by atoms with Crippen molar-refractivity contribution >= 4 is 54.6 Å². The first-order valence-electron chi connectivity index (χ1n) is 8.07. The average Bonchev–Trinajstić information content (AvgIpc) is 3.04. The summed E-state index contributed by atoms with van der Waals surface area (Å²) in [6.07, 6.45) is 0.0768. The van der Waals surface area contributed by atoms with Gasteiger partial charge in [-0.05, 0) is 31.2 Å². The number of halogens is 1. The molecule has 0 saturated carbocycles. The Balaban J connectivity index is 1.76. The molecule has 2 aromatic carbocycles. The van der Waals surface area contributed by atoms with E-state index < -0.39 is 31.6 Å². The summed E-state index contributed by atoms with van der Waals surface area (Å²) in [5.74, 6) is 0. The van der Waals surface area contributed by atoms with Crippen molar-refractivity contribution in [1.29, 1.82) is 5.41 Å². The maximum absolute atomic E-state index is 12.6. The van der Waals surface area contributed by atoms with E-state index in [9.17, 15) is 18.5 Å². The Morgan fingerprint density at radius 2 is 2.07 bits per heavy atom. The number of sulfonamides is 1. The van der Waals surface area contributed by atoms with Crippen LogP contribution in [0, 0.1) is 15.5 Å². The number of rotatable bonds is 7. The van der Waals surface area contributed by atoms with E-state index in [2.05, 4.69) is 9.71 Å². The van der Waals surface area contributed by atoms with Gasteiger partial charge in [0.05, 0.1) is 20.9 Å². The van der Waals surface area contributed by atoms with Crippen LogP contribution in [0.15, 0.2) is 47.4 Å². The van der Waals surface area contributed by atoms with Crippen LogP contribution >= 0.6 is 22.9 Å². The largest absolute Gasteiger partial charge is 0.302 e. The summed E-state index contributed by atoms with van der Waals surface area (Å²) >= 11 is 7.25. The highest BCUT2D eigenvalue weighted by Crippen LogP contribution is 2.27.